The number of benzene rings is 3. The maximum absolute atomic E-state index is 14.2. The Morgan fingerprint density at radius 1 is 0.733 bits per heavy atom. The van der Waals surface area contributed by atoms with Gasteiger partial charge in [-0.3, -0.25) is 4.98 Å². The van der Waals surface area contributed by atoms with Crippen molar-refractivity contribution in [3.8, 4) is 22.4 Å². The van der Waals surface area contributed by atoms with Gasteiger partial charge in [0.25, 0.3) is 0 Å². The molecule has 1 nitrogen and oxygen atoms in total. The minimum atomic E-state index is -2.19. The Bertz CT molecular complexity index is 1330. The molecule has 0 amide bonds. The first-order valence-electron chi connectivity index (χ1n) is 8.61. The molecule has 1 radical (unpaired) electrons. The van der Waals surface area contributed by atoms with E-state index < -0.39 is 34.6 Å². The average Bonchev–Trinajstić information content (AvgIpc) is 3.16. The zero-order chi connectivity index (χ0) is 20.3. The van der Waals surface area contributed by atoms with E-state index in [2.05, 4.69) is 11.1 Å². The predicted molar refractivity (Wildman–Crippen MR) is 100 cm³/mol. The molecule has 1 aliphatic carbocycles. The van der Waals surface area contributed by atoms with E-state index in [1.165, 1.54) is 18.2 Å². The number of rotatable bonds is 2. The van der Waals surface area contributed by atoms with Gasteiger partial charge in [-0.1, -0.05) is 35.9 Å². The third-order valence-corrected chi connectivity index (χ3v) is 4.91. The van der Waals surface area contributed by atoms with E-state index in [1.54, 1.807) is 6.07 Å². The van der Waals surface area contributed by atoms with Gasteiger partial charge in [-0.2, -0.15) is 0 Å². The van der Waals surface area contributed by atoms with E-state index in [9.17, 15) is 22.0 Å². The predicted octanol–water partition coefficient (Wildman–Crippen LogP) is 6.55. The van der Waals surface area contributed by atoms with Crippen LogP contribution < -0.4 is 0 Å². The molecule has 5 rings (SSSR count). The fraction of sp³-hybridized carbons (Fsp3) is 0. The van der Waals surface area contributed by atoms with Crippen molar-refractivity contribution in [2.75, 3.05) is 0 Å². The molecule has 0 spiro atoms. The summed E-state index contributed by atoms with van der Waals surface area (Å²) >= 11 is 0. The normalized spacial score (nSPS) is 11.8. The van der Waals surface area contributed by atoms with Crippen molar-refractivity contribution in [2.24, 2.45) is 0 Å². The van der Waals surface area contributed by atoms with E-state index in [4.69, 9.17) is 0 Å². The van der Waals surface area contributed by atoms with Gasteiger partial charge in [0, 0.05) is 31.1 Å². The third kappa shape index (κ3) is 2.97. The Morgan fingerprint density at radius 3 is 2.13 bits per heavy atom. The molecule has 1 aliphatic rings. The van der Waals surface area contributed by atoms with Gasteiger partial charge < -0.3 is 0 Å². The SMILES string of the molecule is Fc1c(F)c(F)c(-c2cc[c-]c(-c3cc4c5c(cccc5n3)C=C4)c2)c(F)c1F.[Ir]. The summed E-state index contributed by atoms with van der Waals surface area (Å²) in [6.07, 6.45) is 3.88. The molecule has 0 saturated heterocycles. The van der Waals surface area contributed by atoms with Crippen LogP contribution in [0.15, 0.2) is 42.5 Å². The fourth-order valence-corrected chi connectivity index (χ4v) is 3.56. The number of halogens is 5. The quantitative estimate of drug-likeness (QED) is 0.0991. The first-order valence-corrected chi connectivity index (χ1v) is 8.61. The summed E-state index contributed by atoms with van der Waals surface area (Å²) < 4.78 is 68.9. The molecule has 4 aromatic rings. The van der Waals surface area contributed by atoms with Crippen molar-refractivity contribution in [1.29, 1.82) is 0 Å². The average molecular weight is 587 g/mol. The maximum Gasteiger partial charge on any atom is 0.200 e. The molecule has 1 aromatic heterocycles. The van der Waals surface area contributed by atoms with Crippen molar-refractivity contribution < 1.29 is 42.1 Å². The van der Waals surface area contributed by atoms with Crippen molar-refractivity contribution in [3.63, 3.8) is 0 Å². The van der Waals surface area contributed by atoms with Gasteiger partial charge in [0.2, 0.25) is 5.82 Å². The molecule has 0 saturated carbocycles. The van der Waals surface area contributed by atoms with Crippen LogP contribution in [-0.2, 0) is 20.1 Å². The topological polar surface area (TPSA) is 12.9 Å². The van der Waals surface area contributed by atoms with E-state index in [0.29, 0.717) is 11.3 Å². The van der Waals surface area contributed by atoms with Crippen molar-refractivity contribution >= 4 is 23.1 Å². The van der Waals surface area contributed by atoms with Gasteiger partial charge in [-0.25, -0.2) is 22.0 Å². The van der Waals surface area contributed by atoms with Crippen LogP contribution in [0.2, 0.25) is 0 Å². The van der Waals surface area contributed by atoms with Crippen LogP contribution in [0.1, 0.15) is 11.1 Å². The molecule has 1 heterocycles. The van der Waals surface area contributed by atoms with E-state index in [1.807, 2.05) is 30.4 Å². The van der Waals surface area contributed by atoms with Gasteiger partial charge in [0.1, 0.15) is 0 Å². The molecule has 3 aromatic carbocycles. The molecule has 0 fully saturated rings. The zero-order valence-electron chi connectivity index (χ0n) is 14.9. The minimum Gasteiger partial charge on any atom is -0.296 e. The van der Waals surface area contributed by atoms with Crippen molar-refractivity contribution in [1.82, 2.24) is 4.98 Å². The van der Waals surface area contributed by atoms with Gasteiger partial charge >= 0.3 is 0 Å². The maximum atomic E-state index is 14.2. The van der Waals surface area contributed by atoms with Crippen LogP contribution >= 0.6 is 0 Å². The monoisotopic (exact) mass is 587 g/mol. The molecule has 0 bridgehead atoms. The first-order chi connectivity index (χ1) is 14.0. The van der Waals surface area contributed by atoms with Crippen LogP contribution in [0.4, 0.5) is 22.0 Å². The van der Waals surface area contributed by atoms with E-state index >= 15 is 0 Å². The van der Waals surface area contributed by atoms with Crippen molar-refractivity contribution in [3.05, 3.63) is 88.7 Å². The van der Waals surface area contributed by atoms with Gasteiger partial charge in [0.05, 0.1) is 5.52 Å². The van der Waals surface area contributed by atoms with E-state index in [-0.39, 0.29) is 25.7 Å². The standard InChI is InChI=1S/C23H9F5N.Ir/c24-19-18(20(25)22(27)23(28)21(19)26)13-5-1-4-12(9-13)16-10-14-8-7-11-3-2-6-15(29-16)17(11)14;/h1-3,5-10H;/q-1;. The second kappa shape index (κ2) is 7.42. The number of hydrogen-bond acceptors (Lipinski definition) is 1. The Hall–Kier alpha value is -2.89. The Balaban J connectivity index is 0.00000218. The molecular weight excluding hydrogens is 577 g/mol. The smallest absolute Gasteiger partial charge is 0.200 e. The summed E-state index contributed by atoms with van der Waals surface area (Å²) in [5.74, 6) is -9.91. The van der Waals surface area contributed by atoms with Crippen LogP contribution in [0.5, 0.6) is 0 Å². The molecule has 0 unspecified atom stereocenters. The fourth-order valence-electron chi connectivity index (χ4n) is 3.56. The van der Waals surface area contributed by atoms with Crippen LogP contribution in [-0.4, -0.2) is 4.98 Å². The largest absolute Gasteiger partial charge is 0.296 e. The Labute approximate surface area is 181 Å². The molecule has 7 heteroatoms. The van der Waals surface area contributed by atoms with Crippen LogP contribution in [0, 0.1) is 35.2 Å². The molecular formula is C23H9F5IrN-. The zero-order valence-corrected chi connectivity index (χ0v) is 17.3. The van der Waals surface area contributed by atoms with Gasteiger partial charge in [-0.15, -0.1) is 29.8 Å². The molecule has 0 N–H and O–H groups in total. The van der Waals surface area contributed by atoms with Gasteiger partial charge in [0.15, 0.2) is 23.3 Å². The minimum absolute atomic E-state index is 0. The second-order valence-corrected chi connectivity index (χ2v) is 6.61. The third-order valence-electron chi connectivity index (χ3n) is 4.91. The van der Waals surface area contributed by atoms with Crippen molar-refractivity contribution in [2.45, 2.75) is 0 Å². The molecule has 0 aliphatic heterocycles. The summed E-state index contributed by atoms with van der Waals surface area (Å²) in [4.78, 5) is 4.57. The molecule has 30 heavy (non-hydrogen) atoms. The van der Waals surface area contributed by atoms with Gasteiger partial charge in [-0.05, 0) is 22.9 Å². The number of pyridine rings is 1. The molecule has 0 atom stereocenters. The van der Waals surface area contributed by atoms with Crippen LogP contribution in [0.25, 0.3) is 45.4 Å². The number of aromatic nitrogens is 1. The number of hydrogen-bond donors (Lipinski definition) is 0. The summed E-state index contributed by atoms with van der Waals surface area (Å²) in [5, 5.41) is 0.993. The van der Waals surface area contributed by atoms with Crippen LogP contribution in [0.3, 0.4) is 0 Å². The Kier molecular flexibility index (Phi) is 5.04. The summed E-state index contributed by atoms with van der Waals surface area (Å²) in [7, 11) is 0. The second-order valence-electron chi connectivity index (χ2n) is 6.61. The summed E-state index contributed by atoms with van der Waals surface area (Å²) in [6.45, 7) is 0. The first kappa shape index (κ1) is 20.4. The summed E-state index contributed by atoms with van der Waals surface area (Å²) in [6, 6.07) is 14.3. The summed E-state index contributed by atoms with van der Waals surface area (Å²) in [5.41, 5.74) is 2.40. The molecule has 151 valence electrons. The van der Waals surface area contributed by atoms with E-state index in [0.717, 1.165) is 22.0 Å². The number of nitrogens with zero attached hydrogens (tertiary/aromatic N) is 1. The Morgan fingerprint density at radius 2 is 1.40 bits per heavy atom.